The predicted molar refractivity (Wildman–Crippen MR) is 84.3 cm³/mol. The molecule has 0 spiro atoms. The third kappa shape index (κ3) is 3.34. The molecule has 1 fully saturated rings. The molecule has 0 bridgehead atoms. The van der Waals surface area contributed by atoms with E-state index in [2.05, 4.69) is 12.1 Å². The van der Waals surface area contributed by atoms with E-state index >= 15 is 0 Å². The zero-order valence-electron chi connectivity index (χ0n) is 12.1. The van der Waals surface area contributed by atoms with Crippen molar-refractivity contribution in [3.8, 4) is 0 Å². The first kappa shape index (κ1) is 14.3. The number of carbonyl (C=O) groups excluding carboxylic acids is 1. The Morgan fingerprint density at radius 3 is 2.81 bits per heavy atom. The van der Waals surface area contributed by atoms with Gasteiger partial charge in [0, 0.05) is 11.4 Å². The van der Waals surface area contributed by atoms with E-state index in [0.717, 1.165) is 10.4 Å². The van der Waals surface area contributed by atoms with Crippen molar-refractivity contribution in [3.63, 3.8) is 0 Å². The van der Waals surface area contributed by atoms with E-state index in [1.54, 1.807) is 11.3 Å². The summed E-state index contributed by atoms with van der Waals surface area (Å²) in [7, 11) is 0. The number of morpholine rings is 1. The van der Waals surface area contributed by atoms with Gasteiger partial charge < -0.3 is 9.64 Å². The molecule has 21 heavy (non-hydrogen) atoms. The van der Waals surface area contributed by atoms with Gasteiger partial charge in [-0.1, -0.05) is 36.4 Å². The number of thiophene rings is 1. The molecule has 0 unspecified atom stereocenters. The summed E-state index contributed by atoms with van der Waals surface area (Å²) in [5.74, 6) is 0.182. The van der Waals surface area contributed by atoms with E-state index < -0.39 is 0 Å². The molecule has 1 saturated heterocycles. The molecule has 1 aromatic heterocycles. The van der Waals surface area contributed by atoms with E-state index in [9.17, 15) is 4.79 Å². The van der Waals surface area contributed by atoms with Gasteiger partial charge in [0.1, 0.15) is 0 Å². The fraction of sp³-hybridized carbons (Fsp3) is 0.353. The lowest BCUT2D eigenvalue weighted by molar-refractivity contribution is -0.143. The maximum absolute atomic E-state index is 12.7. The minimum absolute atomic E-state index is 0.0230. The van der Waals surface area contributed by atoms with Gasteiger partial charge in [0.15, 0.2) is 0 Å². The summed E-state index contributed by atoms with van der Waals surface area (Å²) in [6.45, 7) is 3.25. The van der Waals surface area contributed by atoms with Crippen LogP contribution in [0.2, 0.25) is 0 Å². The number of benzene rings is 1. The number of hydrogen-bond donors (Lipinski definition) is 0. The molecular formula is C17H19NO2S. The molecule has 2 aromatic rings. The van der Waals surface area contributed by atoms with Crippen molar-refractivity contribution in [2.75, 3.05) is 13.2 Å². The Morgan fingerprint density at radius 2 is 2.10 bits per heavy atom. The van der Waals surface area contributed by atoms with Crippen molar-refractivity contribution in [2.24, 2.45) is 0 Å². The predicted octanol–water partition coefficient (Wildman–Crippen LogP) is 3.28. The third-order valence-electron chi connectivity index (χ3n) is 3.78. The molecule has 3 rings (SSSR count). The summed E-state index contributed by atoms with van der Waals surface area (Å²) in [6, 6.07) is 14.2. The lowest BCUT2D eigenvalue weighted by Crippen LogP contribution is -2.47. The Bertz CT molecular complexity index is 582. The monoisotopic (exact) mass is 301 g/mol. The van der Waals surface area contributed by atoms with Crippen molar-refractivity contribution >= 4 is 17.2 Å². The van der Waals surface area contributed by atoms with Gasteiger partial charge in [0.05, 0.1) is 25.2 Å². The van der Waals surface area contributed by atoms with Gasteiger partial charge in [0.2, 0.25) is 5.91 Å². The SMILES string of the molecule is C[C@@H]1CN(C(=O)Cc2cccs2)[C@H](c2ccccc2)CO1. The van der Waals surface area contributed by atoms with Crippen LogP contribution in [0.4, 0.5) is 0 Å². The highest BCUT2D eigenvalue weighted by molar-refractivity contribution is 7.10. The summed E-state index contributed by atoms with van der Waals surface area (Å²) < 4.78 is 5.77. The molecule has 1 aliphatic heterocycles. The average Bonchev–Trinajstić information content (AvgIpc) is 3.01. The summed E-state index contributed by atoms with van der Waals surface area (Å²) in [5.41, 5.74) is 1.14. The van der Waals surface area contributed by atoms with Crippen LogP contribution in [0.1, 0.15) is 23.4 Å². The molecule has 4 heteroatoms. The van der Waals surface area contributed by atoms with Crippen LogP contribution in [0.5, 0.6) is 0 Å². The number of amides is 1. The first-order valence-electron chi connectivity index (χ1n) is 7.22. The lowest BCUT2D eigenvalue weighted by Gasteiger charge is -2.39. The van der Waals surface area contributed by atoms with Gasteiger partial charge in [-0.15, -0.1) is 11.3 Å². The Hall–Kier alpha value is -1.65. The van der Waals surface area contributed by atoms with Crippen molar-refractivity contribution < 1.29 is 9.53 Å². The maximum atomic E-state index is 12.7. The van der Waals surface area contributed by atoms with Crippen molar-refractivity contribution in [2.45, 2.75) is 25.5 Å². The minimum Gasteiger partial charge on any atom is -0.374 e. The quantitative estimate of drug-likeness (QED) is 0.870. The molecule has 0 radical (unpaired) electrons. The number of ether oxygens (including phenoxy) is 1. The van der Waals surface area contributed by atoms with Gasteiger partial charge >= 0.3 is 0 Å². The van der Waals surface area contributed by atoms with Gasteiger partial charge in [-0.05, 0) is 23.9 Å². The minimum atomic E-state index is 0.0230. The molecule has 3 nitrogen and oxygen atoms in total. The molecule has 0 N–H and O–H groups in total. The standard InChI is InChI=1S/C17H19NO2S/c1-13-11-18(17(19)10-15-8-5-9-21-15)16(12-20-13)14-6-3-2-4-7-14/h2-9,13,16H,10-12H2,1H3/t13-,16+/m1/s1. The van der Waals surface area contributed by atoms with E-state index in [1.165, 1.54) is 0 Å². The zero-order chi connectivity index (χ0) is 14.7. The van der Waals surface area contributed by atoms with E-state index in [-0.39, 0.29) is 18.1 Å². The molecule has 2 heterocycles. The van der Waals surface area contributed by atoms with Gasteiger partial charge in [-0.3, -0.25) is 4.79 Å². The molecule has 1 aliphatic rings. The van der Waals surface area contributed by atoms with Crippen molar-refractivity contribution in [3.05, 3.63) is 58.3 Å². The van der Waals surface area contributed by atoms with Crippen LogP contribution in [-0.4, -0.2) is 30.1 Å². The van der Waals surface area contributed by atoms with Crippen LogP contribution in [0.15, 0.2) is 47.8 Å². The highest BCUT2D eigenvalue weighted by Crippen LogP contribution is 2.27. The van der Waals surface area contributed by atoms with Crippen LogP contribution >= 0.6 is 11.3 Å². The highest BCUT2D eigenvalue weighted by Gasteiger charge is 2.31. The van der Waals surface area contributed by atoms with Gasteiger partial charge in [-0.25, -0.2) is 0 Å². The van der Waals surface area contributed by atoms with Gasteiger partial charge in [-0.2, -0.15) is 0 Å². The number of rotatable bonds is 3. The van der Waals surface area contributed by atoms with E-state index in [0.29, 0.717) is 19.6 Å². The second-order valence-electron chi connectivity index (χ2n) is 5.37. The third-order valence-corrected chi connectivity index (χ3v) is 4.66. The molecule has 1 amide bonds. The van der Waals surface area contributed by atoms with Gasteiger partial charge in [0.25, 0.3) is 0 Å². The van der Waals surface area contributed by atoms with Crippen LogP contribution < -0.4 is 0 Å². The molecule has 1 aromatic carbocycles. The summed E-state index contributed by atoms with van der Waals surface area (Å²) in [5, 5.41) is 2.01. The molecule has 0 saturated carbocycles. The maximum Gasteiger partial charge on any atom is 0.228 e. The molecule has 2 atom stereocenters. The first-order valence-corrected chi connectivity index (χ1v) is 8.10. The second kappa shape index (κ2) is 6.41. The topological polar surface area (TPSA) is 29.5 Å². The van der Waals surface area contributed by atoms with Crippen molar-refractivity contribution in [1.29, 1.82) is 0 Å². The fourth-order valence-corrected chi connectivity index (χ4v) is 3.39. The number of carbonyl (C=O) groups is 1. The lowest BCUT2D eigenvalue weighted by atomic mass is 10.0. The summed E-state index contributed by atoms with van der Waals surface area (Å²) in [6.07, 6.45) is 0.575. The van der Waals surface area contributed by atoms with Crippen LogP contribution in [-0.2, 0) is 16.0 Å². The van der Waals surface area contributed by atoms with Crippen LogP contribution in [0.3, 0.4) is 0 Å². The molecule has 110 valence electrons. The van der Waals surface area contributed by atoms with E-state index in [4.69, 9.17) is 4.74 Å². The first-order chi connectivity index (χ1) is 10.2. The fourth-order valence-electron chi connectivity index (χ4n) is 2.69. The Kier molecular flexibility index (Phi) is 4.36. The van der Waals surface area contributed by atoms with E-state index in [1.807, 2.05) is 47.5 Å². The molecule has 0 aliphatic carbocycles. The summed E-state index contributed by atoms with van der Waals surface area (Å²) in [4.78, 5) is 15.8. The Labute approximate surface area is 129 Å². The smallest absolute Gasteiger partial charge is 0.228 e. The van der Waals surface area contributed by atoms with Crippen LogP contribution in [0.25, 0.3) is 0 Å². The highest BCUT2D eigenvalue weighted by atomic mass is 32.1. The molecular weight excluding hydrogens is 282 g/mol. The Balaban J connectivity index is 1.79. The Morgan fingerprint density at radius 1 is 1.29 bits per heavy atom. The second-order valence-corrected chi connectivity index (χ2v) is 6.40. The normalized spacial score (nSPS) is 22.2. The zero-order valence-corrected chi connectivity index (χ0v) is 12.9. The largest absolute Gasteiger partial charge is 0.374 e. The summed E-state index contributed by atoms with van der Waals surface area (Å²) >= 11 is 1.63. The number of nitrogens with zero attached hydrogens (tertiary/aromatic N) is 1. The van der Waals surface area contributed by atoms with Crippen molar-refractivity contribution in [1.82, 2.24) is 4.90 Å². The average molecular weight is 301 g/mol. The number of hydrogen-bond acceptors (Lipinski definition) is 3. The van der Waals surface area contributed by atoms with Crippen LogP contribution in [0, 0.1) is 0 Å².